The monoisotopic (exact) mass is 316 g/mol. The topological polar surface area (TPSA) is 87.4 Å². The van der Waals surface area contributed by atoms with Gasteiger partial charge in [0.05, 0.1) is 18.8 Å². The van der Waals surface area contributed by atoms with Crippen LogP contribution in [0.4, 0.5) is 5.82 Å². The Hall–Kier alpha value is -2.48. The van der Waals surface area contributed by atoms with E-state index in [1.165, 1.54) is 0 Å². The van der Waals surface area contributed by atoms with Gasteiger partial charge in [0.2, 0.25) is 5.91 Å². The number of carbonyl (C=O) groups is 1. The molecule has 0 aliphatic carbocycles. The average Bonchev–Trinajstić information content (AvgIpc) is 3.01. The van der Waals surface area contributed by atoms with E-state index in [1.54, 1.807) is 6.20 Å². The fourth-order valence-corrected chi connectivity index (χ4v) is 2.58. The lowest BCUT2D eigenvalue weighted by Crippen LogP contribution is -2.49. The van der Waals surface area contributed by atoms with Crippen LogP contribution < -0.4 is 10.2 Å². The van der Waals surface area contributed by atoms with E-state index in [0.717, 1.165) is 43.4 Å². The largest absolute Gasteiger partial charge is 0.350 e. The van der Waals surface area contributed by atoms with Gasteiger partial charge in [-0.1, -0.05) is 11.2 Å². The van der Waals surface area contributed by atoms with Crippen LogP contribution >= 0.6 is 0 Å². The van der Waals surface area contributed by atoms with Gasteiger partial charge >= 0.3 is 0 Å². The minimum atomic E-state index is 0.0170. The van der Waals surface area contributed by atoms with Crippen molar-refractivity contribution in [3.8, 4) is 0 Å². The lowest BCUT2D eigenvalue weighted by atomic mass is 10.3. The number of piperazine rings is 1. The molecule has 23 heavy (non-hydrogen) atoms. The lowest BCUT2D eigenvalue weighted by molar-refractivity contribution is -0.122. The number of pyridine rings is 1. The van der Waals surface area contributed by atoms with E-state index in [1.807, 2.05) is 25.1 Å². The third-order valence-electron chi connectivity index (χ3n) is 3.86. The number of rotatable bonds is 5. The van der Waals surface area contributed by atoms with E-state index in [0.29, 0.717) is 13.1 Å². The van der Waals surface area contributed by atoms with Crippen molar-refractivity contribution in [1.82, 2.24) is 25.5 Å². The predicted octanol–water partition coefficient (Wildman–Crippen LogP) is 0.211. The van der Waals surface area contributed by atoms with Crippen molar-refractivity contribution in [2.75, 3.05) is 37.6 Å². The Morgan fingerprint density at radius 2 is 2.09 bits per heavy atom. The highest BCUT2D eigenvalue weighted by atomic mass is 16.6. The normalized spacial score (nSPS) is 15.6. The molecule has 122 valence electrons. The van der Waals surface area contributed by atoms with Gasteiger partial charge in [-0.3, -0.25) is 14.7 Å². The number of anilines is 1. The Morgan fingerprint density at radius 3 is 2.74 bits per heavy atom. The van der Waals surface area contributed by atoms with Gasteiger partial charge in [0.1, 0.15) is 5.69 Å². The highest BCUT2D eigenvalue weighted by molar-refractivity contribution is 5.78. The molecule has 1 N–H and O–H groups in total. The quantitative estimate of drug-likeness (QED) is 0.843. The van der Waals surface area contributed by atoms with E-state index < -0.39 is 0 Å². The molecule has 1 amide bonds. The van der Waals surface area contributed by atoms with Gasteiger partial charge in [-0.25, -0.2) is 4.63 Å². The maximum atomic E-state index is 12.0. The van der Waals surface area contributed by atoms with E-state index in [4.69, 9.17) is 4.63 Å². The second-order valence-corrected chi connectivity index (χ2v) is 5.53. The van der Waals surface area contributed by atoms with Gasteiger partial charge in [0.15, 0.2) is 5.82 Å². The molecule has 0 unspecified atom stereocenters. The highest BCUT2D eigenvalue weighted by Gasteiger charge is 2.22. The number of carbonyl (C=O) groups excluding carboxylic acids is 1. The molecular weight excluding hydrogens is 296 g/mol. The first-order chi connectivity index (χ1) is 11.2. The molecule has 0 aromatic carbocycles. The molecule has 0 radical (unpaired) electrons. The first-order valence-corrected chi connectivity index (χ1v) is 7.65. The molecule has 2 aromatic rings. The number of hydrogen-bond acceptors (Lipinski definition) is 7. The summed E-state index contributed by atoms with van der Waals surface area (Å²) in [4.78, 5) is 20.5. The number of aromatic nitrogens is 3. The van der Waals surface area contributed by atoms with Crippen molar-refractivity contribution >= 4 is 11.7 Å². The van der Waals surface area contributed by atoms with Gasteiger partial charge in [0.25, 0.3) is 0 Å². The van der Waals surface area contributed by atoms with Crippen molar-refractivity contribution in [3.05, 3.63) is 35.8 Å². The van der Waals surface area contributed by atoms with Crippen molar-refractivity contribution in [2.45, 2.75) is 13.5 Å². The molecule has 1 aliphatic rings. The van der Waals surface area contributed by atoms with Crippen LogP contribution in [-0.4, -0.2) is 58.8 Å². The van der Waals surface area contributed by atoms with E-state index in [9.17, 15) is 4.79 Å². The Kier molecular flexibility index (Phi) is 4.82. The van der Waals surface area contributed by atoms with Crippen molar-refractivity contribution in [1.29, 1.82) is 0 Å². The standard InChI is InChI=1S/C15H20N6O2/c1-12-15(19-23-18-12)21-8-6-20(7-9-21)11-14(22)17-10-13-4-2-3-5-16-13/h2-5H,6-11H2,1H3,(H,17,22). The molecule has 0 atom stereocenters. The first-order valence-electron chi connectivity index (χ1n) is 7.65. The van der Waals surface area contributed by atoms with Crippen molar-refractivity contribution in [2.24, 2.45) is 0 Å². The number of nitrogens with zero attached hydrogens (tertiary/aromatic N) is 5. The molecule has 1 aliphatic heterocycles. The SMILES string of the molecule is Cc1nonc1N1CCN(CC(=O)NCc2ccccn2)CC1. The molecule has 2 aromatic heterocycles. The second-order valence-electron chi connectivity index (χ2n) is 5.53. The van der Waals surface area contributed by atoms with Crippen LogP contribution in [0.5, 0.6) is 0 Å². The zero-order valence-corrected chi connectivity index (χ0v) is 13.1. The van der Waals surface area contributed by atoms with Crippen LogP contribution in [0.3, 0.4) is 0 Å². The molecule has 8 heteroatoms. The van der Waals surface area contributed by atoms with Crippen molar-refractivity contribution in [3.63, 3.8) is 0 Å². The van der Waals surface area contributed by atoms with Crippen LogP contribution in [0.1, 0.15) is 11.4 Å². The van der Waals surface area contributed by atoms with Gasteiger partial charge < -0.3 is 10.2 Å². The first kappa shape index (κ1) is 15.4. The molecule has 1 saturated heterocycles. The number of amides is 1. The van der Waals surface area contributed by atoms with Crippen LogP contribution in [-0.2, 0) is 11.3 Å². The smallest absolute Gasteiger partial charge is 0.234 e. The number of aryl methyl sites for hydroxylation is 1. The highest BCUT2D eigenvalue weighted by Crippen LogP contribution is 2.16. The van der Waals surface area contributed by atoms with Crippen LogP contribution in [0.15, 0.2) is 29.0 Å². The zero-order chi connectivity index (χ0) is 16.1. The fourth-order valence-electron chi connectivity index (χ4n) is 2.58. The molecule has 3 heterocycles. The van der Waals surface area contributed by atoms with E-state index in [-0.39, 0.29) is 5.91 Å². The maximum Gasteiger partial charge on any atom is 0.234 e. The second kappa shape index (κ2) is 7.19. The Bertz CT molecular complexity index is 636. The summed E-state index contributed by atoms with van der Waals surface area (Å²) in [6.07, 6.45) is 1.72. The summed E-state index contributed by atoms with van der Waals surface area (Å²) < 4.78 is 4.74. The number of hydrogen-bond donors (Lipinski definition) is 1. The fraction of sp³-hybridized carbons (Fsp3) is 0.467. The zero-order valence-electron chi connectivity index (χ0n) is 13.1. The summed E-state index contributed by atoms with van der Waals surface area (Å²) in [7, 11) is 0. The Balaban J connectivity index is 1.42. The summed E-state index contributed by atoms with van der Waals surface area (Å²) in [5.41, 5.74) is 1.66. The van der Waals surface area contributed by atoms with E-state index >= 15 is 0 Å². The number of nitrogens with one attached hydrogen (secondary N) is 1. The average molecular weight is 316 g/mol. The third-order valence-corrected chi connectivity index (χ3v) is 3.86. The van der Waals surface area contributed by atoms with Gasteiger partial charge in [-0.15, -0.1) is 0 Å². The van der Waals surface area contributed by atoms with E-state index in [2.05, 4.69) is 30.4 Å². The molecule has 3 rings (SSSR count). The summed E-state index contributed by atoms with van der Waals surface area (Å²) in [5, 5.41) is 10.6. The summed E-state index contributed by atoms with van der Waals surface area (Å²) in [6.45, 7) is 5.97. The van der Waals surface area contributed by atoms with Crippen LogP contribution in [0, 0.1) is 6.92 Å². The molecule has 1 fully saturated rings. The minimum Gasteiger partial charge on any atom is -0.350 e. The molecule has 0 bridgehead atoms. The maximum absolute atomic E-state index is 12.0. The van der Waals surface area contributed by atoms with Crippen LogP contribution in [0.25, 0.3) is 0 Å². The molecule has 0 saturated carbocycles. The van der Waals surface area contributed by atoms with Gasteiger partial charge in [0, 0.05) is 32.4 Å². The van der Waals surface area contributed by atoms with Gasteiger partial charge in [-0.05, 0) is 24.2 Å². The Morgan fingerprint density at radius 1 is 1.26 bits per heavy atom. The summed E-state index contributed by atoms with van der Waals surface area (Å²) >= 11 is 0. The molecule has 0 spiro atoms. The predicted molar refractivity (Wildman–Crippen MR) is 83.8 cm³/mol. The Labute approximate surface area is 134 Å². The van der Waals surface area contributed by atoms with Gasteiger partial charge in [-0.2, -0.15) is 0 Å². The molecular formula is C15H20N6O2. The lowest BCUT2D eigenvalue weighted by Gasteiger charge is -2.34. The third kappa shape index (κ3) is 4.04. The summed E-state index contributed by atoms with van der Waals surface area (Å²) in [6, 6.07) is 5.67. The van der Waals surface area contributed by atoms with Crippen molar-refractivity contribution < 1.29 is 9.42 Å². The minimum absolute atomic E-state index is 0.0170. The molecule has 8 nitrogen and oxygen atoms in total. The van der Waals surface area contributed by atoms with Crippen LogP contribution in [0.2, 0.25) is 0 Å². The summed E-state index contributed by atoms with van der Waals surface area (Å²) in [5.74, 6) is 0.813.